The number of aryl methyl sites for hydroxylation is 1. The fourth-order valence-corrected chi connectivity index (χ4v) is 1.90. The van der Waals surface area contributed by atoms with Crippen LogP contribution in [0.5, 0.6) is 0 Å². The van der Waals surface area contributed by atoms with Crippen molar-refractivity contribution in [3.05, 3.63) is 29.3 Å². The molecule has 1 aromatic carbocycles. The van der Waals surface area contributed by atoms with Gasteiger partial charge in [0.1, 0.15) is 0 Å². The highest BCUT2D eigenvalue weighted by molar-refractivity contribution is 7.94. The van der Waals surface area contributed by atoms with E-state index < -0.39 is 0 Å². The quantitative estimate of drug-likeness (QED) is 0.280. The highest BCUT2D eigenvalue weighted by atomic mass is 35.5. The van der Waals surface area contributed by atoms with Gasteiger partial charge in [0.05, 0.1) is 12.0 Å². The van der Waals surface area contributed by atoms with E-state index >= 15 is 0 Å². The first-order valence-electron chi connectivity index (χ1n) is 4.53. The van der Waals surface area contributed by atoms with Crippen molar-refractivity contribution in [2.24, 2.45) is 0 Å². The zero-order valence-electron chi connectivity index (χ0n) is 8.60. The van der Waals surface area contributed by atoms with Gasteiger partial charge in [0, 0.05) is 22.8 Å². The van der Waals surface area contributed by atoms with Crippen LogP contribution < -0.4 is 0 Å². The Bertz CT molecular complexity index is 370. The lowest BCUT2D eigenvalue weighted by atomic mass is 10.0. The number of Topliss-reactive ketones (excluding diaryl/α,β-unsaturated/α-hetero) is 1. The molecule has 1 aromatic rings. The second kappa shape index (κ2) is 6.88. The van der Waals surface area contributed by atoms with Crippen LogP contribution in [0.4, 0.5) is 0 Å². The van der Waals surface area contributed by atoms with Gasteiger partial charge in [-0.1, -0.05) is 5.04 Å². The van der Waals surface area contributed by atoms with Crippen LogP contribution in [0.2, 0.25) is 0 Å². The van der Waals surface area contributed by atoms with Crippen molar-refractivity contribution in [1.82, 2.24) is 0 Å². The second-order valence-corrected chi connectivity index (χ2v) is 4.22. The summed E-state index contributed by atoms with van der Waals surface area (Å²) in [6, 6.07) is 5.18. The number of carbonyl (C=O) groups excluding carboxylic acids is 1. The number of ketones is 1. The number of rotatable bonds is 6. The van der Waals surface area contributed by atoms with Crippen LogP contribution in [0, 0.1) is 6.92 Å². The number of carbonyl (C=O) groups is 1. The standard InChI is InChI=1S/C10H11ClO4S/c1-7-6-8(16-15-14-13)2-3-9(7)10(12)4-5-11/h2-3,6,13H,4-5H2,1H3. The molecule has 16 heavy (non-hydrogen) atoms. The summed E-state index contributed by atoms with van der Waals surface area (Å²) in [5.41, 5.74) is 1.48. The fraction of sp³-hybridized carbons (Fsp3) is 0.300. The first-order valence-corrected chi connectivity index (χ1v) is 5.81. The third-order valence-corrected chi connectivity index (χ3v) is 2.74. The Labute approximate surface area is 103 Å². The lowest BCUT2D eigenvalue weighted by Crippen LogP contribution is -2.02. The van der Waals surface area contributed by atoms with Crippen LogP contribution in [0.1, 0.15) is 22.3 Å². The predicted molar refractivity (Wildman–Crippen MR) is 61.5 cm³/mol. The van der Waals surface area contributed by atoms with E-state index in [2.05, 4.69) is 9.37 Å². The molecule has 88 valence electrons. The van der Waals surface area contributed by atoms with Gasteiger partial charge in [0.2, 0.25) is 0 Å². The van der Waals surface area contributed by atoms with Gasteiger partial charge in [0.25, 0.3) is 0 Å². The van der Waals surface area contributed by atoms with Crippen molar-refractivity contribution < 1.29 is 19.4 Å². The summed E-state index contributed by atoms with van der Waals surface area (Å²) in [7, 11) is 0. The summed E-state index contributed by atoms with van der Waals surface area (Å²) in [6.45, 7) is 1.82. The molecule has 0 saturated carbocycles. The van der Waals surface area contributed by atoms with Crippen LogP contribution in [-0.4, -0.2) is 16.9 Å². The molecule has 0 unspecified atom stereocenters. The van der Waals surface area contributed by atoms with Crippen LogP contribution in [0.15, 0.2) is 23.1 Å². The van der Waals surface area contributed by atoms with E-state index in [9.17, 15) is 4.79 Å². The zero-order chi connectivity index (χ0) is 12.0. The Morgan fingerprint density at radius 1 is 1.56 bits per heavy atom. The van der Waals surface area contributed by atoms with Crippen LogP contribution in [-0.2, 0) is 9.37 Å². The highest BCUT2D eigenvalue weighted by Crippen LogP contribution is 2.22. The smallest absolute Gasteiger partial charge is 0.164 e. The third kappa shape index (κ3) is 3.77. The molecule has 0 atom stereocenters. The van der Waals surface area contributed by atoms with Crippen molar-refractivity contribution >= 4 is 29.4 Å². The van der Waals surface area contributed by atoms with Crippen LogP contribution in [0.25, 0.3) is 0 Å². The van der Waals surface area contributed by atoms with Crippen molar-refractivity contribution in [3.8, 4) is 0 Å². The van der Waals surface area contributed by atoms with Crippen molar-refractivity contribution in [1.29, 1.82) is 0 Å². The predicted octanol–water partition coefficient (Wildman–Crippen LogP) is 3.23. The molecule has 0 aliphatic heterocycles. The number of halogens is 1. The lowest BCUT2D eigenvalue weighted by Gasteiger charge is -2.05. The summed E-state index contributed by atoms with van der Waals surface area (Å²) < 4.78 is 4.29. The minimum atomic E-state index is 0.0170. The SMILES string of the molecule is Cc1cc(SOOO)ccc1C(=O)CCCl. The van der Waals surface area contributed by atoms with Crippen molar-refractivity contribution in [2.75, 3.05) is 5.88 Å². The van der Waals surface area contributed by atoms with Gasteiger partial charge in [-0.05, 0) is 30.7 Å². The number of hydrogen-bond donors (Lipinski definition) is 1. The maximum Gasteiger partial charge on any atom is 0.164 e. The maximum atomic E-state index is 11.6. The van der Waals surface area contributed by atoms with Gasteiger partial charge < -0.3 is 0 Å². The van der Waals surface area contributed by atoms with E-state index in [1.165, 1.54) is 0 Å². The van der Waals surface area contributed by atoms with Crippen LogP contribution >= 0.6 is 23.6 Å². The molecule has 0 saturated heterocycles. The third-order valence-electron chi connectivity index (χ3n) is 1.98. The Kier molecular flexibility index (Phi) is 5.79. The minimum absolute atomic E-state index is 0.0170. The van der Waals surface area contributed by atoms with Gasteiger partial charge in [0.15, 0.2) is 5.78 Å². The Balaban J connectivity index is 2.78. The first-order chi connectivity index (χ1) is 7.69. The van der Waals surface area contributed by atoms with E-state index in [4.69, 9.17) is 16.9 Å². The maximum absolute atomic E-state index is 11.6. The molecule has 1 rings (SSSR count). The highest BCUT2D eigenvalue weighted by Gasteiger charge is 2.09. The number of alkyl halides is 1. The molecule has 0 aliphatic carbocycles. The molecule has 4 nitrogen and oxygen atoms in total. The molecule has 0 aliphatic rings. The normalized spacial score (nSPS) is 10.4. The molecule has 0 heterocycles. The van der Waals surface area contributed by atoms with E-state index in [-0.39, 0.29) is 5.78 Å². The molecular formula is C10H11ClO4S. The van der Waals surface area contributed by atoms with E-state index in [0.29, 0.717) is 17.9 Å². The van der Waals surface area contributed by atoms with Gasteiger partial charge in [-0.2, -0.15) is 0 Å². The van der Waals surface area contributed by atoms with Crippen LogP contribution in [0.3, 0.4) is 0 Å². The Hall–Kier alpha value is -0.590. The molecule has 6 heteroatoms. The van der Waals surface area contributed by atoms with Gasteiger partial charge in [-0.25, -0.2) is 5.26 Å². The fourth-order valence-electron chi connectivity index (χ4n) is 1.28. The average molecular weight is 263 g/mol. The summed E-state index contributed by atoms with van der Waals surface area (Å²) in [5, 5.41) is 11.5. The molecule has 0 amide bonds. The summed E-state index contributed by atoms with van der Waals surface area (Å²) in [4.78, 5) is 12.3. The lowest BCUT2D eigenvalue weighted by molar-refractivity contribution is -0.432. The zero-order valence-corrected chi connectivity index (χ0v) is 10.2. The molecule has 1 N–H and O–H groups in total. The average Bonchev–Trinajstić information content (AvgIpc) is 2.26. The molecular weight excluding hydrogens is 252 g/mol. The van der Waals surface area contributed by atoms with Crippen molar-refractivity contribution in [2.45, 2.75) is 18.2 Å². The molecule has 0 radical (unpaired) electrons. The monoisotopic (exact) mass is 262 g/mol. The molecule has 0 spiro atoms. The van der Waals surface area contributed by atoms with E-state index in [0.717, 1.165) is 22.5 Å². The summed E-state index contributed by atoms with van der Waals surface area (Å²) in [6.07, 6.45) is 0.325. The topological polar surface area (TPSA) is 55.8 Å². The number of benzene rings is 1. The van der Waals surface area contributed by atoms with Gasteiger partial charge in [-0.3, -0.25) is 4.79 Å². The summed E-state index contributed by atoms with van der Waals surface area (Å²) in [5.74, 6) is 0.333. The second-order valence-electron chi connectivity index (χ2n) is 3.06. The largest absolute Gasteiger partial charge is 0.294 e. The molecule has 0 aromatic heterocycles. The Morgan fingerprint density at radius 2 is 2.31 bits per heavy atom. The van der Waals surface area contributed by atoms with E-state index in [1.54, 1.807) is 18.2 Å². The van der Waals surface area contributed by atoms with Gasteiger partial charge in [-0.15, -0.1) is 15.9 Å². The first kappa shape index (κ1) is 13.5. The van der Waals surface area contributed by atoms with E-state index in [1.807, 2.05) is 6.92 Å². The molecule has 0 bridgehead atoms. The van der Waals surface area contributed by atoms with Crippen molar-refractivity contribution in [3.63, 3.8) is 0 Å². The molecule has 0 fully saturated rings. The minimum Gasteiger partial charge on any atom is -0.294 e. The Morgan fingerprint density at radius 3 is 2.88 bits per heavy atom. The number of hydrogen-bond acceptors (Lipinski definition) is 5. The van der Waals surface area contributed by atoms with Gasteiger partial charge >= 0.3 is 0 Å². The summed E-state index contributed by atoms with van der Waals surface area (Å²) >= 11 is 6.37.